The van der Waals surface area contributed by atoms with Gasteiger partial charge in [-0.15, -0.1) is 4.91 Å². The molecule has 9 nitrogen and oxygen atoms in total. The number of aliphatic hydroxyl groups is 1. The third-order valence-corrected chi connectivity index (χ3v) is 1.05. The minimum absolute atomic E-state index is 1.39. The van der Waals surface area contributed by atoms with Gasteiger partial charge in [0.05, 0.1) is 0 Å². The summed E-state index contributed by atoms with van der Waals surface area (Å²) in [6.07, 6.45) is 0. The molecular weight excluding hydrogens is 200 g/mol. The third-order valence-electron chi connectivity index (χ3n) is 1.05. The molecule has 0 spiro atoms. The molecule has 0 aliphatic rings. The van der Waals surface area contributed by atoms with Crippen molar-refractivity contribution in [1.82, 2.24) is 0 Å². The first kappa shape index (κ1) is 11.6. The quantitative estimate of drug-likeness (QED) is 0.120. The molecule has 0 heterocycles. The summed E-state index contributed by atoms with van der Waals surface area (Å²) in [6.45, 7) is 0. The van der Waals surface area contributed by atoms with Crippen LogP contribution in [0.25, 0.3) is 0 Å². The van der Waals surface area contributed by atoms with E-state index in [-0.39, 0.29) is 0 Å². The van der Waals surface area contributed by atoms with Crippen LogP contribution in [-0.4, -0.2) is 38.2 Å². The van der Waals surface area contributed by atoms with Crippen LogP contribution in [0.3, 0.4) is 0 Å². The number of carbonyl (C=O) groups is 2. The highest BCUT2D eigenvalue weighted by atomic mass is 16.4. The zero-order chi connectivity index (χ0) is 11.3. The van der Waals surface area contributed by atoms with E-state index in [9.17, 15) is 14.5 Å². The Morgan fingerprint density at radius 2 is 1.50 bits per heavy atom. The Kier molecular flexibility index (Phi) is 3.75. The first-order chi connectivity index (χ1) is 6.45. The van der Waals surface area contributed by atoms with E-state index in [0.29, 0.717) is 0 Å². The summed E-state index contributed by atoms with van der Waals surface area (Å²) in [4.78, 5) is 30.2. The smallest absolute Gasteiger partial charge is 0.362 e. The van der Waals surface area contributed by atoms with Gasteiger partial charge in [0.1, 0.15) is 0 Å². The Morgan fingerprint density at radius 1 is 1.00 bits per heavy atom. The van der Waals surface area contributed by atoms with Crippen molar-refractivity contribution in [2.75, 3.05) is 0 Å². The van der Waals surface area contributed by atoms with Crippen molar-refractivity contribution >= 4 is 17.7 Å². The van der Waals surface area contributed by atoms with Crippen molar-refractivity contribution in [3.05, 3.63) is 16.4 Å². The number of nitrogens with zero attached hydrogens (tertiary/aromatic N) is 2. The van der Waals surface area contributed by atoms with Crippen LogP contribution in [0.2, 0.25) is 0 Å². The van der Waals surface area contributed by atoms with Gasteiger partial charge in [0, 0.05) is 0 Å². The minimum Gasteiger partial charge on any atom is -0.503 e. The molecule has 76 valence electrons. The van der Waals surface area contributed by atoms with Crippen molar-refractivity contribution in [3.63, 3.8) is 0 Å². The Hall–Kier alpha value is -2.45. The van der Waals surface area contributed by atoms with E-state index in [0.717, 1.165) is 0 Å². The van der Waals surface area contributed by atoms with Gasteiger partial charge in [0.25, 0.3) is 0 Å². The summed E-state index contributed by atoms with van der Waals surface area (Å²) in [5, 5.41) is 37.3. The number of nitroso groups, excluding NO2 is 1. The molecule has 0 saturated heterocycles. The fourth-order valence-electron chi connectivity index (χ4n) is 0.487. The lowest BCUT2D eigenvalue weighted by molar-refractivity contribution is -0.132. The first-order valence-electron chi connectivity index (χ1n) is 2.91. The molecule has 4 N–H and O–H groups in total. The van der Waals surface area contributed by atoms with E-state index in [1.54, 1.807) is 0 Å². The van der Waals surface area contributed by atoms with Gasteiger partial charge in [-0.05, 0) is 5.18 Å². The van der Waals surface area contributed by atoms with Gasteiger partial charge in [-0.25, -0.2) is 9.59 Å². The molecule has 0 aliphatic heterocycles. The predicted molar refractivity (Wildman–Crippen MR) is 39.9 cm³/mol. The second-order valence-electron chi connectivity index (χ2n) is 1.85. The second kappa shape index (κ2) is 4.54. The molecule has 0 unspecified atom stereocenters. The molecule has 0 amide bonds. The van der Waals surface area contributed by atoms with Crippen molar-refractivity contribution in [2.45, 2.75) is 0 Å². The summed E-state index contributed by atoms with van der Waals surface area (Å²) in [6, 6.07) is 0. The van der Waals surface area contributed by atoms with E-state index in [4.69, 9.17) is 20.5 Å². The number of aliphatic hydroxyl groups excluding tert-OH is 1. The van der Waals surface area contributed by atoms with Gasteiger partial charge >= 0.3 is 11.9 Å². The van der Waals surface area contributed by atoms with E-state index in [1.165, 1.54) is 0 Å². The van der Waals surface area contributed by atoms with Crippen molar-refractivity contribution in [1.29, 1.82) is 0 Å². The molecule has 0 fully saturated rings. The molecule has 0 aromatic carbocycles. The molecule has 9 heteroatoms. The van der Waals surface area contributed by atoms with Gasteiger partial charge in [-0.2, -0.15) is 0 Å². The van der Waals surface area contributed by atoms with Crippen LogP contribution < -0.4 is 0 Å². The van der Waals surface area contributed by atoms with Crippen molar-refractivity contribution in [2.24, 2.45) is 10.3 Å². The third kappa shape index (κ3) is 2.27. The number of rotatable bonds is 4. The summed E-state index contributed by atoms with van der Waals surface area (Å²) in [7, 11) is 0. The molecule has 0 saturated carbocycles. The topological polar surface area (TPSA) is 157 Å². The highest BCUT2D eigenvalue weighted by Gasteiger charge is 2.24. The minimum atomic E-state index is -1.94. The highest BCUT2D eigenvalue weighted by molar-refractivity contribution is 6.42. The summed E-state index contributed by atoms with van der Waals surface area (Å²) in [5.74, 6) is -5.38. The molecule has 0 radical (unpaired) electrons. The normalized spacial score (nSPS) is 13.0. The van der Waals surface area contributed by atoms with Crippen LogP contribution in [0.15, 0.2) is 21.8 Å². The van der Waals surface area contributed by atoms with Crippen LogP contribution in [-0.2, 0) is 9.59 Å². The maximum absolute atomic E-state index is 10.2. The number of aliphatic carboxylic acids is 2. The molecule has 0 atom stereocenters. The molecule has 0 aromatic heterocycles. The maximum Gasteiger partial charge on any atom is 0.362 e. The number of oxime groups is 1. The van der Waals surface area contributed by atoms with Crippen LogP contribution in [0, 0.1) is 4.91 Å². The van der Waals surface area contributed by atoms with E-state index in [2.05, 4.69) is 5.16 Å². The van der Waals surface area contributed by atoms with Gasteiger partial charge in [-0.1, -0.05) is 5.16 Å². The second-order valence-corrected chi connectivity index (χ2v) is 1.85. The molecular formula is C5H4N2O7. The summed E-state index contributed by atoms with van der Waals surface area (Å²) in [5.41, 5.74) is -2.85. The number of hydrogen-bond donors (Lipinski definition) is 4. The lowest BCUT2D eigenvalue weighted by Crippen LogP contribution is -2.19. The Balaban J connectivity index is 5.45. The van der Waals surface area contributed by atoms with Gasteiger partial charge in [0.15, 0.2) is 5.76 Å². The van der Waals surface area contributed by atoms with E-state index >= 15 is 0 Å². The molecule has 0 aliphatic carbocycles. The van der Waals surface area contributed by atoms with Crippen LogP contribution in [0.4, 0.5) is 0 Å². The maximum atomic E-state index is 10.2. The predicted octanol–water partition coefficient (Wildman–Crippen LogP) is -0.478. The fourth-order valence-corrected chi connectivity index (χ4v) is 0.487. The number of carboxylic acid groups (broad SMARTS) is 2. The van der Waals surface area contributed by atoms with Crippen LogP contribution in [0.1, 0.15) is 0 Å². The zero-order valence-electron chi connectivity index (χ0n) is 6.41. The van der Waals surface area contributed by atoms with Crippen molar-refractivity contribution in [3.8, 4) is 0 Å². The van der Waals surface area contributed by atoms with Gasteiger partial charge in [-0.3, -0.25) is 0 Å². The monoisotopic (exact) mass is 204 g/mol. The van der Waals surface area contributed by atoms with Crippen LogP contribution >= 0.6 is 0 Å². The SMILES string of the molecule is O=NC(C(=O)O)=C(O)C(=NO)C(=O)O. The molecule has 14 heavy (non-hydrogen) atoms. The number of hydrogen-bond acceptors (Lipinski definition) is 7. The van der Waals surface area contributed by atoms with Gasteiger partial charge < -0.3 is 20.5 Å². The highest BCUT2D eigenvalue weighted by Crippen LogP contribution is 2.05. The first-order valence-corrected chi connectivity index (χ1v) is 2.91. The molecule has 0 rings (SSSR count). The Bertz CT molecular complexity index is 342. The fraction of sp³-hybridized carbons (Fsp3) is 0. The average Bonchev–Trinajstić information content (AvgIpc) is 2.04. The largest absolute Gasteiger partial charge is 0.503 e. The lowest BCUT2D eigenvalue weighted by Gasteiger charge is -1.97. The van der Waals surface area contributed by atoms with E-state index in [1.807, 2.05) is 5.18 Å². The standard InChI is InChI=1S/C5H4N2O7/c8-3(1(6-13)4(9)10)2(7-14)5(11)12/h8,13H,(H,9,10)(H,11,12). The van der Waals surface area contributed by atoms with E-state index < -0.39 is 29.1 Å². The average molecular weight is 204 g/mol. The summed E-state index contributed by atoms with van der Waals surface area (Å²) >= 11 is 0. The zero-order valence-corrected chi connectivity index (χ0v) is 6.41. The molecule has 0 bridgehead atoms. The Labute approximate surface area is 75.6 Å². The van der Waals surface area contributed by atoms with Crippen molar-refractivity contribution < 1.29 is 30.1 Å². The van der Waals surface area contributed by atoms with Gasteiger partial charge in [0.2, 0.25) is 11.4 Å². The summed E-state index contributed by atoms with van der Waals surface area (Å²) < 4.78 is 0. The van der Waals surface area contributed by atoms with Crippen LogP contribution in [0.5, 0.6) is 0 Å². The lowest BCUT2D eigenvalue weighted by atomic mass is 10.2. The number of carboxylic acids is 2. The Morgan fingerprint density at radius 3 is 1.71 bits per heavy atom. The molecule has 0 aromatic rings.